The first-order valence-electron chi connectivity index (χ1n) is 11.5. The Morgan fingerprint density at radius 2 is 1.78 bits per heavy atom. The average Bonchev–Trinajstić information content (AvgIpc) is 3.35. The van der Waals surface area contributed by atoms with E-state index < -0.39 is 0 Å². The van der Waals surface area contributed by atoms with Crippen LogP contribution in [0.5, 0.6) is 0 Å². The van der Waals surface area contributed by atoms with Crippen LogP contribution in [0.2, 0.25) is 0 Å². The molecule has 1 atom stereocenters. The van der Waals surface area contributed by atoms with E-state index in [4.69, 9.17) is 9.97 Å². The van der Waals surface area contributed by atoms with Crippen molar-refractivity contribution < 1.29 is 4.79 Å². The number of benzene rings is 1. The summed E-state index contributed by atoms with van der Waals surface area (Å²) in [6.07, 6.45) is 1.83. The molecular weight excluding hydrogens is 416 g/mol. The number of anilines is 1. The summed E-state index contributed by atoms with van der Waals surface area (Å²) in [4.78, 5) is 27.9. The highest BCUT2D eigenvalue weighted by atomic mass is 32.1. The molecule has 1 unspecified atom stereocenters. The van der Waals surface area contributed by atoms with Gasteiger partial charge in [-0.3, -0.25) is 4.79 Å². The third-order valence-electron chi connectivity index (χ3n) is 6.36. The van der Waals surface area contributed by atoms with E-state index in [0.717, 1.165) is 48.1 Å². The number of aromatic nitrogens is 2. The van der Waals surface area contributed by atoms with Crippen LogP contribution >= 0.6 is 11.3 Å². The summed E-state index contributed by atoms with van der Waals surface area (Å²) < 4.78 is 0. The first-order chi connectivity index (χ1) is 15.5. The van der Waals surface area contributed by atoms with Crippen molar-refractivity contribution in [2.75, 3.05) is 31.1 Å². The SMILES string of the molecule is CCC(C)c1nc(C)c(Cc2ccc(C)cc2)c(N2CCN(C(=O)c3cccs3)CC2)n1. The monoisotopic (exact) mass is 448 g/mol. The van der Waals surface area contributed by atoms with Gasteiger partial charge in [0.05, 0.1) is 4.88 Å². The first-order valence-corrected chi connectivity index (χ1v) is 12.3. The van der Waals surface area contributed by atoms with Crippen LogP contribution < -0.4 is 4.90 Å². The second kappa shape index (κ2) is 9.82. The Hall–Kier alpha value is -2.73. The summed E-state index contributed by atoms with van der Waals surface area (Å²) in [5.74, 6) is 2.42. The maximum Gasteiger partial charge on any atom is 0.264 e. The predicted molar refractivity (Wildman–Crippen MR) is 132 cm³/mol. The number of piperazine rings is 1. The molecule has 0 radical (unpaired) electrons. The number of thiophene rings is 1. The standard InChI is InChI=1S/C26H32N4OS/c1-5-19(3)24-27-20(4)22(17-21-10-8-18(2)9-11-21)25(28-24)29-12-14-30(15-13-29)26(31)23-7-6-16-32-23/h6-11,16,19H,5,12-15,17H2,1-4H3. The summed E-state index contributed by atoms with van der Waals surface area (Å²) in [6, 6.07) is 12.6. The molecule has 0 saturated carbocycles. The van der Waals surface area contributed by atoms with Crippen LogP contribution in [0.4, 0.5) is 5.82 Å². The molecule has 0 aliphatic carbocycles. The Bertz CT molecular complexity index is 1050. The third kappa shape index (κ3) is 4.85. The number of hydrogen-bond acceptors (Lipinski definition) is 5. The van der Waals surface area contributed by atoms with Crippen LogP contribution in [0, 0.1) is 13.8 Å². The van der Waals surface area contributed by atoms with Crippen molar-refractivity contribution in [3.05, 3.63) is 74.9 Å². The molecule has 0 bridgehead atoms. The second-order valence-corrected chi connectivity index (χ2v) is 9.65. The van der Waals surface area contributed by atoms with Gasteiger partial charge >= 0.3 is 0 Å². The van der Waals surface area contributed by atoms with Gasteiger partial charge in [-0.25, -0.2) is 9.97 Å². The summed E-state index contributed by atoms with van der Waals surface area (Å²) in [5.41, 5.74) is 4.79. The van der Waals surface area contributed by atoms with Crippen LogP contribution in [0.3, 0.4) is 0 Å². The van der Waals surface area contributed by atoms with Crippen LogP contribution in [0.15, 0.2) is 41.8 Å². The first kappa shape index (κ1) is 22.5. The molecular formula is C26H32N4OS. The van der Waals surface area contributed by atoms with Crippen molar-refractivity contribution in [2.24, 2.45) is 0 Å². The van der Waals surface area contributed by atoms with Crippen molar-refractivity contribution in [2.45, 2.75) is 46.5 Å². The number of aryl methyl sites for hydroxylation is 2. The number of nitrogens with zero attached hydrogens (tertiary/aromatic N) is 4. The van der Waals surface area contributed by atoms with E-state index in [2.05, 4.69) is 56.9 Å². The molecule has 1 aromatic carbocycles. The quantitative estimate of drug-likeness (QED) is 0.519. The smallest absolute Gasteiger partial charge is 0.264 e. The molecule has 1 amide bonds. The molecule has 1 fully saturated rings. The molecule has 3 heterocycles. The minimum Gasteiger partial charge on any atom is -0.353 e. The molecule has 0 N–H and O–H groups in total. The zero-order chi connectivity index (χ0) is 22.7. The number of amides is 1. The normalized spacial score (nSPS) is 15.1. The Morgan fingerprint density at radius 1 is 1.06 bits per heavy atom. The Kier molecular flexibility index (Phi) is 6.89. The predicted octanol–water partition coefficient (Wildman–Crippen LogP) is 5.22. The molecule has 4 rings (SSSR count). The van der Waals surface area contributed by atoms with Gasteiger partial charge in [0, 0.05) is 49.8 Å². The fourth-order valence-electron chi connectivity index (χ4n) is 4.06. The number of carbonyl (C=O) groups is 1. The summed E-state index contributed by atoms with van der Waals surface area (Å²) >= 11 is 1.51. The van der Waals surface area contributed by atoms with Crippen molar-refractivity contribution in [1.29, 1.82) is 0 Å². The molecule has 1 aliphatic rings. The van der Waals surface area contributed by atoms with Gasteiger partial charge in [0.2, 0.25) is 0 Å². The van der Waals surface area contributed by atoms with Gasteiger partial charge in [-0.2, -0.15) is 0 Å². The zero-order valence-corrected chi connectivity index (χ0v) is 20.3. The highest BCUT2D eigenvalue weighted by Gasteiger charge is 2.26. The largest absolute Gasteiger partial charge is 0.353 e. The van der Waals surface area contributed by atoms with Gasteiger partial charge in [-0.1, -0.05) is 49.7 Å². The van der Waals surface area contributed by atoms with Crippen LogP contribution in [-0.4, -0.2) is 47.0 Å². The van der Waals surface area contributed by atoms with E-state index in [9.17, 15) is 4.79 Å². The molecule has 1 aliphatic heterocycles. The summed E-state index contributed by atoms with van der Waals surface area (Å²) in [7, 11) is 0. The summed E-state index contributed by atoms with van der Waals surface area (Å²) in [5, 5.41) is 1.96. The minimum absolute atomic E-state index is 0.138. The second-order valence-electron chi connectivity index (χ2n) is 8.70. The van der Waals surface area contributed by atoms with Crippen LogP contribution in [-0.2, 0) is 6.42 Å². The summed E-state index contributed by atoms with van der Waals surface area (Å²) in [6.45, 7) is 11.6. The fraction of sp³-hybridized carbons (Fsp3) is 0.423. The van der Waals surface area contributed by atoms with Gasteiger partial charge in [0.15, 0.2) is 0 Å². The topological polar surface area (TPSA) is 49.3 Å². The van der Waals surface area contributed by atoms with E-state index in [-0.39, 0.29) is 5.91 Å². The van der Waals surface area contributed by atoms with E-state index in [1.165, 1.54) is 28.0 Å². The van der Waals surface area contributed by atoms with Gasteiger partial charge < -0.3 is 9.80 Å². The van der Waals surface area contributed by atoms with Gasteiger partial charge in [0.25, 0.3) is 5.91 Å². The molecule has 2 aromatic heterocycles. The maximum atomic E-state index is 12.8. The average molecular weight is 449 g/mol. The molecule has 1 saturated heterocycles. The molecule has 32 heavy (non-hydrogen) atoms. The van der Waals surface area contributed by atoms with E-state index in [1.54, 1.807) is 0 Å². The highest BCUT2D eigenvalue weighted by molar-refractivity contribution is 7.12. The minimum atomic E-state index is 0.138. The lowest BCUT2D eigenvalue weighted by atomic mass is 10.0. The number of rotatable bonds is 6. The van der Waals surface area contributed by atoms with Gasteiger partial charge in [-0.05, 0) is 37.3 Å². The molecule has 6 heteroatoms. The van der Waals surface area contributed by atoms with E-state index in [0.29, 0.717) is 19.0 Å². The number of hydrogen-bond donors (Lipinski definition) is 0. The molecule has 168 valence electrons. The molecule has 3 aromatic rings. The lowest BCUT2D eigenvalue weighted by Crippen LogP contribution is -2.49. The maximum absolute atomic E-state index is 12.8. The van der Waals surface area contributed by atoms with Crippen molar-refractivity contribution in [3.8, 4) is 0 Å². The Balaban J connectivity index is 1.60. The zero-order valence-electron chi connectivity index (χ0n) is 19.5. The van der Waals surface area contributed by atoms with Crippen LogP contribution in [0.1, 0.15) is 64.1 Å². The Labute approximate surface area is 195 Å². The van der Waals surface area contributed by atoms with E-state index in [1.807, 2.05) is 22.4 Å². The van der Waals surface area contributed by atoms with Gasteiger partial charge in [0.1, 0.15) is 11.6 Å². The van der Waals surface area contributed by atoms with Gasteiger partial charge in [-0.15, -0.1) is 11.3 Å². The van der Waals surface area contributed by atoms with Crippen molar-refractivity contribution >= 4 is 23.1 Å². The lowest BCUT2D eigenvalue weighted by molar-refractivity contribution is 0.0751. The lowest BCUT2D eigenvalue weighted by Gasteiger charge is -2.36. The fourth-order valence-corrected chi connectivity index (χ4v) is 4.75. The molecule has 5 nitrogen and oxygen atoms in total. The van der Waals surface area contributed by atoms with E-state index >= 15 is 0 Å². The number of carbonyl (C=O) groups excluding carboxylic acids is 1. The van der Waals surface area contributed by atoms with Crippen molar-refractivity contribution in [3.63, 3.8) is 0 Å². The third-order valence-corrected chi connectivity index (χ3v) is 7.22. The Morgan fingerprint density at radius 3 is 2.41 bits per heavy atom. The van der Waals surface area contributed by atoms with Crippen molar-refractivity contribution in [1.82, 2.24) is 14.9 Å². The van der Waals surface area contributed by atoms with Crippen LogP contribution in [0.25, 0.3) is 0 Å². The highest BCUT2D eigenvalue weighted by Crippen LogP contribution is 2.28. The molecule has 0 spiro atoms.